The molecule has 1 N–H and O–H groups in total. The monoisotopic (exact) mass is 208 g/mol. The number of aromatic nitrogens is 2. The second kappa shape index (κ2) is 4.25. The lowest BCUT2D eigenvalue weighted by Gasteiger charge is -2.22. The van der Waals surface area contributed by atoms with Gasteiger partial charge >= 0.3 is 0 Å². The second-order valence-electron chi connectivity index (χ2n) is 4.87. The normalized spacial score (nSPS) is 18.6. The first-order valence-electron chi connectivity index (χ1n) is 6.00. The van der Waals surface area contributed by atoms with E-state index in [4.69, 9.17) is 0 Å². The van der Waals surface area contributed by atoms with Gasteiger partial charge in [-0.05, 0) is 18.8 Å². The quantitative estimate of drug-likeness (QED) is 0.797. The highest BCUT2D eigenvalue weighted by Gasteiger charge is 2.18. The number of nitrogens with zero attached hydrogens (tertiary/aromatic N) is 1. The van der Waals surface area contributed by atoms with E-state index in [0.29, 0.717) is 12.0 Å². The van der Waals surface area contributed by atoms with Crippen molar-refractivity contribution in [3.05, 3.63) is 22.1 Å². The molecule has 0 saturated heterocycles. The summed E-state index contributed by atoms with van der Waals surface area (Å²) >= 11 is 0. The fourth-order valence-corrected chi connectivity index (χ4v) is 2.34. The van der Waals surface area contributed by atoms with E-state index in [1.807, 2.05) is 4.68 Å². The minimum atomic E-state index is 0.144. The summed E-state index contributed by atoms with van der Waals surface area (Å²) in [4.78, 5) is 11.8. The van der Waals surface area contributed by atoms with Gasteiger partial charge in [-0.2, -0.15) is 0 Å². The fourth-order valence-electron chi connectivity index (χ4n) is 2.34. The number of hydrogen-bond acceptors (Lipinski definition) is 1. The third-order valence-corrected chi connectivity index (χ3v) is 3.33. The van der Waals surface area contributed by atoms with E-state index in [-0.39, 0.29) is 5.56 Å². The topological polar surface area (TPSA) is 37.8 Å². The fraction of sp³-hybridized carbons (Fsp3) is 0.750. The van der Waals surface area contributed by atoms with E-state index < -0.39 is 0 Å². The van der Waals surface area contributed by atoms with Crippen LogP contribution in [0.1, 0.15) is 63.6 Å². The van der Waals surface area contributed by atoms with Crippen LogP contribution in [-0.2, 0) is 0 Å². The van der Waals surface area contributed by atoms with Crippen LogP contribution >= 0.6 is 0 Å². The molecule has 0 unspecified atom stereocenters. The van der Waals surface area contributed by atoms with Crippen LogP contribution < -0.4 is 5.56 Å². The summed E-state index contributed by atoms with van der Waals surface area (Å²) in [5, 5.41) is 3.25. The van der Waals surface area contributed by atoms with Gasteiger partial charge in [-0.25, -0.2) is 4.68 Å². The first kappa shape index (κ1) is 10.5. The third-order valence-electron chi connectivity index (χ3n) is 3.33. The van der Waals surface area contributed by atoms with E-state index in [9.17, 15) is 4.79 Å². The Labute approximate surface area is 90.5 Å². The molecule has 0 spiro atoms. The first-order chi connectivity index (χ1) is 7.18. The van der Waals surface area contributed by atoms with Crippen molar-refractivity contribution in [2.24, 2.45) is 0 Å². The molecule has 0 amide bonds. The minimum Gasteiger partial charge on any atom is -0.299 e. The summed E-state index contributed by atoms with van der Waals surface area (Å²) in [6.45, 7) is 4.22. The molecular weight excluding hydrogens is 188 g/mol. The highest BCUT2D eigenvalue weighted by atomic mass is 16.1. The van der Waals surface area contributed by atoms with E-state index in [1.165, 1.54) is 19.3 Å². The zero-order valence-corrected chi connectivity index (χ0v) is 9.62. The van der Waals surface area contributed by atoms with Crippen molar-refractivity contribution < 1.29 is 0 Å². The molecule has 2 rings (SSSR count). The molecule has 84 valence electrons. The van der Waals surface area contributed by atoms with Gasteiger partial charge in [0.15, 0.2) is 0 Å². The van der Waals surface area contributed by atoms with Crippen molar-refractivity contribution in [2.75, 3.05) is 0 Å². The molecule has 1 aliphatic carbocycles. The Morgan fingerprint density at radius 3 is 2.53 bits per heavy atom. The highest BCUT2D eigenvalue weighted by molar-refractivity contribution is 5.05. The average molecular weight is 208 g/mol. The molecular formula is C12H20N2O. The Bertz CT molecular complexity index is 369. The van der Waals surface area contributed by atoms with Gasteiger partial charge in [-0.15, -0.1) is 0 Å². The molecule has 0 bridgehead atoms. The summed E-state index contributed by atoms with van der Waals surface area (Å²) in [7, 11) is 0. The molecule has 1 aromatic rings. The number of rotatable bonds is 2. The number of aromatic amines is 1. The van der Waals surface area contributed by atoms with Gasteiger partial charge in [0.2, 0.25) is 0 Å². The van der Waals surface area contributed by atoms with Gasteiger partial charge in [-0.3, -0.25) is 9.89 Å². The van der Waals surface area contributed by atoms with E-state index in [0.717, 1.165) is 18.5 Å². The number of nitrogens with one attached hydrogen (secondary N) is 1. The predicted molar refractivity (Wildman–Crippen MR) is 61.3 cm³/mol. The van der Waals surface area contributed by atoms with Gasteiger partial charge < -0.3 is 0 Å². The molecule has 1 fully saturated rings. The van der Waals surface area contributed by atoms with E-state index in [1.54, 1.807) is 6.07 Å². The molecule has 1 aliphatic rings. The maximum absolute atomic E-state index is 11.8. The van der Waals surface area contributed by atoms with Crippen LogP contribution in [0.25, 0.3) is 0 Å². The molecule has 1 heterocycles. The lowest BCUT2D eigenvalue weighted by molar-refractivity contribution is 0.321. The molecule has 0 atom stereocenters. The summed E-state index contributed by atoms with van der Waals surface area (Å²) in [6, 6.07) is 2.16. The summed E-state index contributed by atoms with van der Waals surface area (Å²) in [6.07, 6.45) is 6.14. The Morgan fingerprint density at radius 2 is 2.00 bits per heavy atom. The van der Waals surface area contributed by atoms with Crippen molar-refractivity contribution in [3.8, 4) is 0 Å². The first-order valence-corrected chi connectivity index (χ1v) is 6.00. The molecule has 0 aromatic carbocycles. The van der Waals surface area contributed by atoms with Gasteiger partial charge in [-0.1, -0.05) is 33.1 Å². The van der Waals surface area contributed by atoms with Crippen LogP contribution in [0.3, 0.4) is 0 Å². The molecule has 3 nitrogen and oxygen atoms in total. The minimum absolute atomic E-state index is 0.144. The van der Waals surface area contributed by atoms with Crippen LogP contribution in [0.2, 0.25) is 0 Å². The summed E-state index contributed by atoms with van der Waals surface area (Å²) in [5.74, 6) is 0.405. The average Bonchev–Trinajstić information content (AvgIpc) is 2.62. The molecule has 3 heteroatoms. The third kappa shape index (κ3) is 2.16. The van der Waals surface area contributed by atoms with Crippen molar-refractivity contribution in [3.63, 3.8) is 0 Å². The Balaban J connectivity index is 2.23. The van der Waals surface area contributed by atoms with Gasteiger partial charge in [0, 0.05) is 11.8 Å². The van der Waals surface area contributed by atoms with Crippen LogP contribution in [0.15, 0.2) is 10.9 Å². The van der Waals surface area contributed by atoms with Crippen molar-refractivity contribution in [2.45, 2.75) is 57.9 Å². The Hall–Kier alpha value is -0.990. The van der Waals surface area contributed by atoms with Gasteiger partial charge in [0.25, 0.3) is 5.56 Å². The van der Waals surface area contributed by atoms with E-state index in [2.05, 4.69) is 18.9 Å². The molecule has 1 saturated carbocycles. The number of H-pyrrole nitrogens is 1. The maximum Gasteiger partial charge on any atom is 0.266 e. The van der Waals surface area contributed by atoms with E-state index >= 15 is 0 Å². The standard InChI is InChI=1S/C12H20N2O/c1-9(2)11-8-12(15)14(13-11)10-6-4-3-5-7-10/h8-10,13H,3-7H2,1-2H3. The van der Waals surface area contributed by atoms with Gasteiger partial charge in [0.1, 0.15) is 0 Å². The Kier molecular flexibility index (Phi) is 2.98. The predicted octanol–water partition coefficient (Wildman–Crippen LogP) is 2.81. The van der Waals surface area contributed by atoms with Crippen molar-refractivity contribution in [1.82, 2.24) is 9.78 Å². The SMILES string of the molecule is CC(C)c1cc(=O)n(C2CCCCC2)[nH]1. The van der Waals surface area contributed by atoms with Crippen LogP contribution in [0, 0.1) is 0 Å². The lowest BCUT2D eigenvalue weighted by atomic mass is 9.96. The van der Waals surface area contributed by atoms with Crippen LogP contribution in [0.5, 0.6) is 0 Å². The Morgan fingerprint density at radius 1 is 1.33 bits per heavy atom. The smallest absolute Gasteiger partial charge is 0.266 e. The molecule has 15 heavy (non-hydrogen) atoms. The zero-order chi connectivity index (χ0) is 10.8. The molecule has 0 radical (unpaired) electrons. The van der Waals surface area contributed by atoms with Gasteiger partial charge in [0.05, 0.1) is 6.04 Å². The molecule has 0 aliphatic heterocycles. The second-order valence-corrected chi connectivity index (χ2v) is 4.87. The summed E-state index contributed by atoms with van der Waals surface area (Å²) < 4.78 is 1.84. The largest absolute Gasteiger partial charge is 0.299 e. The number of hydrogen-bond donors (Lipinski definition) is 1. The lowest BCUT2D eigenvalue weighted by Crippen LogP contribution is -2.23. The molecule has 1 aromatic heterocycles. The van der Waals surface area contributed by atoms with Crippen LogP contribution in [-0.4, -0.2) is 9.78 Å². The van der Waals surface area contributed by atoms with Crippen molar-refractivity contribution >= 4 is 0 Å². The van der Waals surface area contributed by atoms with Crippen molar-refractivity contribution in [1.29, 1.82) is 0 Å². The maximum atomic E-state index is 11.8. The highest BCUT2D eigenvalue weighted by Crippen LogP contribution is 2.26. The zero-order valence-electron chi connectivity index (χ0n) is 9.62. The van der Waals surface area contributed by atoms with Crippen LogP contribution in [0.4, 0.5) is 0 Å². The summed E-state index contributed by atoms with van der Waals surface area (Å²) in [5.41, 5.74) is 1.20.